The second kappa shape index (κ2) is 4.48. The van der Waals surface area contributed by atoms with Crippen molar-refractivity contribution in [3.05, 3.63) is 0 Å². The molecule has 4 bridgehead atoms. The highest BCUT2D eigenvalue weighted by atomic mass is 14.7. The van der Waals surface area contributed by atoms with Crippen molar-refractivity contribution in [2.75, 3.05) is 6.54 Å². The average Bonchev–Trinajstić information content (AvgIpc) is 2.38. The third-order valence-electron chi connectivity index (χ3n) is 7.37. The van der Waals surface area contributed by atoms with E-state index in [9.17, 15) is 0 Å². The van der Waals surface area contributed by atoms with E-state index in [1.807, 2.05) is 0 Å². The molecule has 0 heterocycles. The molecule has 5 rings (SSSR count). The Balaban J connectivity index is 1.62. The van der Waals surface area contributed by atoms with Crippen LogP contribution in [0.5, 0.6) is 0 Å². The van der Waals surface area contributed by atoms with E-state index in [0.29, 0.717) is 5.41 Å². The third kappa shape index (κ3) is 1.99. The fourth-order valence-electron chi connectivity index (χ4n) is 7.32. The Morgan fingerprint density at radius 1 is 0.895 bits per heavy atom. The van der Waals surface area contributed by atoms with Gasteiger partial charge in [-0.2, -0.15) is 0 Å². The molecule has 19 heavy (non-hydrogen) atoms. The van der Waals surface area contributed by atoms with Crippen LogP contribution in [0.4, 0.5) is 0 Å². The van der Waals surface area contributed by atoms with Crippen molar-refractivity contribution < 1.29 is 0 Å². The minimum atomic E-state index is 0.691. The zero-order chi connectivity index (χ0) is 12.9. The Bertz CT molecular complexity index is 328. The molecule has 5 fully saturated rings. The summed E-state index contributed by atoms with van der Waals surface area (Å²) in [6, 6.07) is 0. The molecule has 2 N–H and O–H groups in total. The molecule has 0 radical (unpaired) electrons. The molecule has 1 nitrogen and oxygen atoms in total. The SMILES string of the molecule is NCCC12CC3CC(C1)CC(C1CCCCC1)(C3)C2. The molecule has 0 aromatic rings. The highest BCUT2D eigenvalue weighted by Gasteiger charge is 2.59. The smallest absolute Gasteiger partial charge is 0.00720 e. The molecule has 5 saturated carbocycles. The van der Waals surface area contributed by atoms with Gasteiger partial charge in [0.05, 0.1) is 0 Å². The van der Waals surface area contributed by atoms with E-state index in [4.69, 9.17) is 5.73 Å². The summed E-state index contributed by atoms with van der Waals surface area (Å²) < 4.78 is 0. The van der Waals surface area contributed by atoms with Gasteiger partial charge in [-0.25, -0.2) is 0 Å². The first-order chi connectivity index (χ1) is 9.24. The largest absolute Gasteiger partial charge is 0.330 e. The first-order valence-corrected chi connectivity index (χ1v) is 8.94. The van der Waals surface area contributed by atoms with Crippen LogP contribution in [-0.2, 0) is 0 Å². The minimum Gasteiger partial charge on any atom is -0.330 e. The van der Waals surface area contributed by atoms with Crippen LogP contribution < -0.4 is 5.73 Å². The van der Waals surface area contributed by atoms with Crippen molar-refractivity contribution in [1.29, 1.82) is 0 Å². The van der Waals surface area contributed by atoms with Gasteiger partial charge in [-0.15, -0.1) is 0 Å². The normalized spacial score (nSPS) is 49.7. The number of rotatable bonds is 3. The molecule has 2 atom stereocenters. The number of nitrogens with two attached hydrogens (primary N) is 1. The first-order valence-electron chi connectivity index (χ1n) is 8.94. The molecule has 5 aliphatic rings. The molecule has 0 amide bonds. The zero-order valence-electron chi connectivity index (χ0n) is 12.5. The molecule has 5 aliphatic carbocycles. The molecule has 0 saturated heterocycles. The molecule has 0 spiro atoms. The summed E-state index contributed by atoms with van der Waals surface area (Å²) in [5, 5.41) is 0. The summed E-state index contributed by atoms with van der Waals surface area (Å²) in [4.78, 5) is 0. The summed E-state index contributed by atoms with van der Waals surface area (Å²) in [5.74, 6) is 3.24. The monoisotopic (exact) mass is 261 g/mol. The van der Waals surface area contributed by atoms with E-state index in [-0.39, 0.29) is 0 Å². The van der Waals surface area contributed by atoms with Gasteiger partial charge in [-0.1, -0.05) is 19.3 Å². The van der Waals surface area contributed by atoms with Gasteiger partial charge in [-0.3, -0.25) is 0 Å². The van der Waals surface area contributed by atoms with E-state index < -0.39 is 0 Å². The Morgan fingerprint density at radius 2 is 1.58 bits per heavy atom. The van der Waals surface area contributed by atoms with Crippen molar-refractivity contribution in [1.82, 2.24) is 0 Å². The van der Waals surface area contributed by atoms with Crippen LogP contribution in [-0.4, -0.2) is 6.54 Å². The molecular formula is C18H31N. The lowest BCUT2D eigenvalue weighted by atomic mass is 9.40. The molecular weight excluding hydrogens is 230 g/mol. The first kappa shape index (κ1) is 12.7. The van der Waals surface area contributed by atoms with E-state index in [2.05, 4.69) is 0 Å². The summed E-state index contributed by atoms with van der Waals surface area (Å²) in [7, 11) is 0. The highest BCUT2D eigenvalue weighted by molar-refractivity contribution is 5.09. The van der Waals surface area contributed by atoms with Crippen LogP contribution in [0, 0.1) is 28.6 Å². The quantitative estimate of drug-likeness (QED) is 0.795. The van der Waals surface area contributed by atoms with Gasteiger partial charge in [0.2, 0.25) is 0 Å². The van der Waals surface area contributed by atoms with Crippen molar-refractivity contribution in [2.45, 2.75) is 77.0 Å². The molecule has 0 aliphatic heterocycles. The molecule has 0 aromatic carbocycles. The second-order valence-corrected chi connectivity index (χ2v) is 8.70. The van der Waals surface area contributed by atoms with Crippen molar-refractivity contribution in [3.8, 4) is 0 Å². The Hall–Kier alpha value is -0.0400. The highest BCUT2D eigenvalue weighted by Crippen LogP contribution is 2.69. The topological polar surface area (TPSA) is 26.0 Å². The fraction of sp³-hybridized carbons (Fsp3) is 1.00. The number of hydrogen-bond acceptors (Lipinski definition) is 1. The summed E-state index contributed by atoms with van der Waals surface area (Å²) in [6.45, 7) is 0.931. The predicted octanol–water partition coefficient (Wildman–Crippen LogP) is 4.50. The van der Waals surface area contributed by atoms with Crippen molar-refractivity contribution in [2.24, 2.45) is 34.3 Å². The van der Waals surface area contributed by atoms with Gasteiger partial charge >= 0.3 is 0 Å². The van der Waals surface area contributed by atoms with Gasteiger partial charge < -0.3 is 5.73 Å². The zero-order valence-corrected chi connectivity index (χ0v) is 12.5. The molecule has 0 aromatic heterocycles. The van der Waals surface area contributed by atoms with Gasteiger partial charge in [-0.05, 0) is 92.9 Å². The van der Waals surface area contributed by atoms with Crippen LogP contribution >= 0.6 is 0 Å². The van der Waals surface area contributed by atoms with Gasteiger partial charge in [0.1, 0.15) is 0 Å². The van der Waals surface area contributed by atoms with Crippen molar-refractivity contribution in [3.63, 3.8) is 0 Å². The van der Waals surface area contributed by atoms with Crippen LogP contribution in [0.2, 0.25) is 0 Å². The van der Waals surface area contributed by atoms with Gasteiger partial charge in [0.25, 0.3) is 0 Å². The average molecular weight is 261 g/mol. The van der Waals surface area contributed by atoms with Crippen LogP contribution in [0.3, 0.4) is 0 Å². The summed E-state index contributed by atoms with van der Waals surface area (Å²) in [5.41, 5.74) is 7.44. The predicted molar refractivity (Wildman–Crippen MR) is 79.8 cm³/mol. The van der Waals surface area contributed by atoms with Crippen LogP contribution in [0.15, 0.2) is 0 Å². The van der Waals surface area contributed by atoms with E-state index in [0.717, 1.165) is 29.7 Å². The third-order valence-corrected chi connectivity index (χ3v) is 7.37. The van der Waals surface area contributed by atoms with Crippen LogP contribution in [0.1, 0.15) is 77.0 Å². The lowest BCUT2D eigenvalue weighted by Crippen LogP contribution is -2.55. The maximum absolute atomic E-state index is 5.97. The maximum Gasteiger partial charge on any atom is -0.00720 e. The lowest BCUT2D eigenvalue weighted by molar-refractivity contribution is -0.144. The Morgan fingerprint density at radius 3 is 2.21 bits per heavy atom. The number of hydrogen-bond donors (Lipinski definition) is 1. The molecule has 2 unspecified atom stereocenters. The summed E-state index contributed by atoms with van der Waals surface area (Å²) >= 11 is 0. The van der Waals surface area contributed by atoms with E-state index >= 15 is 0 Å². The maximum atomic E-state index is 5.97. The Kier molecular flexibility index (Phi) is 2.99. The van der Waals surface area contributed by atoms with E-state index in [1.165, 1.54) is 38.5 Å². The van der Waals surface area contributed by atoms with Gasteiger partial charge in [0, 0.05) is 0 Å². The van der Waals surface area contributed by atoms with E-state index in [1.54, 1.807) is 38.5 Å². The lowest BCUT2D eigenvalue weighted by Gasteiger charge is -2.65. The second-order valence-electron chi connectivity index (χ2n) is 8.70. The molecule has 1 heteroatoms. The molecule has 108 valence electrons. The minimum absolute atomic E-state index is 0.691. The fourth-order valence-corrected chi connectivity index (χ4v) is 7.32. The van der Waals surface area contributed by atoms with Gasteiger partial charge in [0.15, 0.2) is 0 Å². The summed E-state index contributed by atoms with van der Waals surface area (Å²) in [6.07, 6.45) is 18.4. The van der Waals surface area contributed by atoms with Crippen LogP contribution in [0.25, 0.3) is 0 Å². The standard InChI is InChI=1S/C18H31N/c19-7-6-17-9-14-8-15(10-17)12-18(11-14,13-17)16-4-2-1-3-5-16/h14-16H,1-13,19H2. The van der Waals surface area contributed by atoms with Crippen molar-refractivity contribution >= 4 is 0 Å². The Labute approximate surface area is 118 Å².